The lowest BCUT2D eigenvalue weighted by atomic mass is 10.3. The maximum absolute atomic E-state index is 9.17. The average molecular weight is 233 g/mol. The van der Waals surface area contributed by atoms with Gasteiger partial charge < -0.3 is 5.11 Å². The van der Waals surface area contributed by atoms with Gasteiger partial charge in [0, 0.05) is 0 Å². The first kappa shape index (κ1) is 9.28. The number of nitrogens with one attached hydrogen (secondary N) is 1. The van der Waals surface area contributed by atoms with Crippen molar-refractivity contribution in [2.24, 2.45) is 0 Å². The maximum Gasteiger partial charge on any atom is 0.225 e. The third kappa shape index (κ3) is 1.86. The van der Waals surface area contributed by atoms with Crippen molar-refractivity contribution in [2.75, 3.05) is 12.6 Å². The SMILES string of the molecule is CONc1cc(Br)c(O)nc1C. The van der Waals surface area contributed by atoms with Gasteiger partial charge >= 0.3 is 0 Å². The molecular formula is C7H9BrN2O2. The van der Waals surface area contributed by atoms with Gasteiger partial charge in [-0.2, -0.15) is 0 Å². The second-order valence-corrected chi connectivity index (χ2v) is 3.09. The van der Waals surface area contributed by atoms with Crippen molar-refractivity contribution in [1.82, 2.24) is 4.98 Å². The second kappa shape index (κ2) is 3.73. The maximum atomic E-state index is 9.17. The average Bonchev–Trinajstić information content (AvgIpc) is 2.01. The van der Waals surface area contributed by atoms with Crippen molar-refractivity contribution in [3.63, 3.8) is 0 Å². The first-order valence-electron chi connectivity index (χ1n) is 3.30. The van der Waals surface area contributed by atoms with Crippen molar-refractivity contribution in [2.45, 2.75) is 6.92 Å². The molecule has 5 heteroatoms. The van der Waals surface area contributed by atoms with Gasteiger partial charge in [0.15, 0.2) is 0 Å². The van der Waals surface area contributed by atoms with E-state index in [2.05, 4.69) is 26.4 Å². The summed E-state index contributed by atoms with van der Waals surface area (Å²) >= 11 is 3.14. The zero-order valence-corrected chi connectivity index (χ0v) is 8.34. The van der Waals surface area contributed by atoms with Gasteiger partial charge in [0.1, 0.15) is 0 Å². The van der Waals surface area contributed by atoms with Crippen LogP contribution in [-0.2, 0) is 4.84 Å². The van der Waals surface area contributed by atoms with E-state index in [0.29, 0.717) is 10.2 Å². The van der Waals surface area contributed by atoms with E-state index < -0.39 is 0 Å². The van der Waals surface area contributed by atoms with E-state index in [9.17, 15) is 0 Å². The fourth-order valence-electron chi connectivity index (χ4n) is 0.781. The highest BCUT2D eigenvalue weighted by Crippen LogP contribution is 2.26. The lowest BCUT2D eigenvalue weighted by Gasteiger charge is -2.06. The van der Waals surface area contributed by atoms with E-state index in [1.54, 1.807) is 13.0 Å². The third-order valence-corrected chi connectivity index (χ3v) is 1.94. The van der Waals surface area contributed by atoms with Crippen LogP contribution in [0.4, 0.5) is 5.69 Å². The van der Waals surface area contributed by atoms with Crippen LogP contribution >= 0.6 is 15.9 Å². The molecule has 66 valence electrons. The Kier molecular flexibility index (Phi) is 2.88. The molecule has 0 aliphatic carbocycles. The Morgan fingerprint density at radius 1 is 1.67 bits per heavy atom. The van der Waals surface area contributed by atoms with Crippen molar-refractivity contribution in [1.29, 1.82) is 0 Å². The van der Waals surface area contributed by atoms with E-state index in [0.717, 1.165) is 5.69 Å². The molecule has 1 rings (SSSR count). The first-order valence-corrected chi connectivity index (χ1v) is 4.09. The number of pyridine rings is 1. The van der Waals surface area contributed by atoms with Crippen molar-refractivity contribution >= 4 is 21.6 Å². The van der Waals surface area contributed by atoms with Gasteiger partial charge in [-0.3, -0.25) is 10.3 Å². The summed E-state index contributed by atoms with van der Waals surface area (Å²) in [4.78, 5) is 8.57. The molecular weight excluding hydrogens is 224 g/mol. The molecule has 0 bridgehead atoms. The fraction of sp³-hybridized carbons (Fsp3) is 0.286. The smallest absolute Gasteiger partial charge is 0.225 e. The Morgan fingerprint density at radius 3 is 2.92 bits per heavy atom. The molecule has 2 N–H and O–H groups in total. The topological polar surface area (TPSA) is 54.4 Å². The molecule has 12 heavy (non-hydrogen) atoms. The molecule has 4 nitrogen and oxygen atoms in total. The molecule has 0 aliphatic rings. The number of nitrogens with zero attached hydrogens (tertiary/aromatic N) is 1. The number of anilines is 1. The van der Waals surface area contributed by atoms with Crippen molar-refractivity contribution < 1.29 is 9.94 Å². The lowest BCUT2D eigenvalue weighted by molar-refractivity contribution is 0.270. The molecule has 0 spiro atoms. The third-order valence-electron chi connectivity index (χ3n) is 1.36. The van der Waals surface area contributed by atoms with Gasteiger partial charge in [0.05, 0.1) is 23.0 Å². The van der Waals surface area contributed by atoms with Crippen LogP contribution in [0.3, 0.4) is 0 Å². The molecule has 1 aromatic rings. The number of aryl methyl sites for hydroxylation is 1. The predicted molar refractivity (Wildman–Crippen MR) is 49.0 cm³/mol. The summed E-state index contributed by atoms with van der Waals surface area (Å²) in [6.07, 6.45) is 0. The van der Waals surface area contributed by atoms with E-state index in [4.69, 9.17) is 9.94 Å². The molecule has 0 atom stereocenters. The molecule has 0 fully saturated rings. The van der Waals surface area contributed by atoms with Crippen LogP contribution in [-0.4, -0.2) is 17.2 Å². The minimum absolute atomic E-state index is 0.0193. The van der Waals surface area contributed by atoms with Crippen molar-refractivity contribution in [3.05, 3.63) is 16.2 Å². The summed E-state index contributed by atoms with van der Waals surface area (Å²) in [5.74, 6) is -0.0193. The Morgan fingerprint density at radius 2 is 2.33 bits per heavy atom. The molecule has 0 aromatic carbocycles. The van der Waals surface area contributed by atoms with E-state index in [-0.39, 0.29) is 5.88 Å². The summed E-state index contributed by atoms with van der Waals surface area (Å²) in [5, 5.41) is 9.17. The molecule has 0 saturated heterocycles. The molecule has 0 aliphatic heterocycles. The second-order valence-electron chi connectivity index (χ2n) is 2.23. The molecule has 0 radical (unpaired) electrons. The summed E-state index contributed by atoms with van der Waals surface area (Å²) < 4.78 is 0.535. The van der Waals surface area contributed by atoms with Gasteiger partial charge in [-0.1, -0.05) is 0 Å². The van der Waals surface area contributed by atoms with E-state index in [1.807, 2.05) is 0 Å². The summed E-state index contributed by atoms with van der Waals surface area (Å²) in [5.41, 5.74) is 4.04. The van der Waals surface area contributed by atoms with Gasteiger partial charge in [-0.05, 0) is 28.9 Å². The van der Waals surface area contributed by atoms with Crippen LogP contribution in [0.25, 0.3) is 0 Å². The first-order chi connectivity index (χ1) is 5.65. The summed E-state index contributed by atoms with van der Waals surface area (Å²) in [6, 6.07) is 1.70. The number of aromatic hydroxyl groups is 1. The fourth-order valence-corrected chi connectivity index (χ4v) is 1.10. The van der Waals surface area contributed by atoms with Gasteiger partial charge in [-0.25, -0.2) is 4.98 Å². The number of rotatable bonds is 2. The van der Waals surface area contributed by atoms with E-state index in [1.165, 1.54) is 7.11 Å². The molecule has 0 unspecified atom stereocenters. The van der Waals surface area contributed by atoms with Crippen LogP contribution in [0.5, 0.6) is 5.88 Å². The molecule has 1 heterocycles. The Bertz CT molecular complexity index is 291. The van der Waals surface area contributed by atoms with Crippen LogP contribution < -0.4 is 5.48 Å². The van der Waals surface area contributed by atoms with Crippen LogP contribution in [0.2, 0.25) is 0 Å². The van der Waals surface area contributed by atoms with Gasteiger partial charge in [0.25, 0.3) is 0 Å². The predicted octanol–water partition coefficient (Wildman–Crippen LogP) is 1.83. The number of hydrogen-bond donors (Lipinski definition) is 2. The minimum atomic E-state index is -0.0193. The molecule has 0 saturated carbocycles. The largest absolute Gasteiger partial charge is 0.492 e. The standard InChI is InChI=1S/C7H9BrN2O2/c1-4-6(10-12-2)3-5(8)7(11)9-4/h3,10H,1-2H3,(H,9,11). The van der Waals surface area contributed by atoms with Gasteiger partial charge in [0.2, 0.25) is 5.88 Å². The zero-order valence-electron chi connectivity index (χ0n) is 6.76. The monoisotopic (exact) mass is 232 g/mol. The Hall–Kier alpha value is -0.810. The Balaban J connectivity index is 3.05. The van der Waals surface area contributed by atoms with Crippen molar-refractivity contribution in [3.8, 4) is 5.88 Å². The van der Waals surface area contributed by atoms with Crippen LogP contribution in [0.15, 0.2) is 10.5 Å². The quantitative estimate of drug-likeness (QED) is 0.765. The molecule has 0 amide bonds. The minimum Gasteiger partial charge on any atom is -0.492 e. The number of hydrogen-bond acceptors (Lipinski definition) is 4. The molecule has 1 aromatic heterocycles. The van der Waals surface area contributed by atoms with Crippen LogP contribution in [0.1, 0.15) is 5.69 Å². The summed E-state index contributed by atoms with van der Waals surface area (Å²) in [6.45, 7) is 1.77. The van der Waals surface area contributed by atoms with Crippen LogP contribution in [0, 0.1) is 6.92 Å². The summed E-state index contributed by atoms with van der Waals surface area (Å²) in [7, 11) is 1.51. The number of halogens is 1. The van der Waals surface area contributed by atoms with Gasteiger partial charge in [-0.15, -0.1) is 0 Å². The zero-order chi connectivity index (χ0) is 9.14. The highest BCUT2D eigenvalue weighted by Gasteiger charge is 2.04. The number of aromatic nitrogens is 1. The highest BCUT2D eigenvalue weighted by molar-refractivity contribution is 9.10. The highest BCUT2D eigenvalue weighted by atomic mass is 79.9. The normalized spacial score (nSPS) is 9.92. The Labute approximate surface area is 78.7 Å². The lowest BCUT2D eigenvalue weighted by Crippen LogP contribution is -1.99. The van der Waals surface area contributed by atoms with E-state index >= 15 is 0 Å².